The third-order valence-electron chi connectivity index (χ3n) is 4.88. The highest BCUT2D eigenvalue weighted by Gasteiger charge is 2.26. The van der Waals surface area contributed by atoms with Crippen molar-refractivity contribution in [1.82, 2.24) is 0 Å². The second-order valence-electron chi connectivity index (χ2n) is 7.25. The molecule has 0 bridgehead atoms. The topological polar surface area (TPSA) is 88.8 Å². The Hall–Kier alpha value is -4.06. The summed E-state index contributed by atoms with van der Waals surface area (Å²) < 4.78 is 11.0. The largest absolute Gasteiger partial charge is 0.508 e. The van der Waals surface area contributed by atoms with Gasteiger partial charge < -0.3 is 19.6 Å². The van der Waals surface area contributed by atoms with Gasteiger partial charge in [0.1, 0.15) is 11.3 Å². The van der Waals surface area contributed by atoms with Crippen LogP contribution in [0.3, 0.4) is 0 Å². The predicted molar refractivity (Wildman–Crippen MR) is 117 cm³/mol. The molecule has 0 fully saturated rings. The van der Waals surface area contributed by atoms with E-state index >= 15 is 0 Å². The molecule has 6 heteroatoms. The SMILES string of the molecule is Cc1ccc(NC(=O)[C@H](OC(=O)Cc2coc3cc(O)ccc23)c2ccccc2)cc1. The summed E-state index contributed by atoms with van der Waals surface area (Å²) in [6.45, 7) is 1.96. The fourth-order valence-corrected chi connectivity index (χ4v) is 3.28. The van der Waals surface area contributed by atoms with Crippen molar-refractivity contribution in [3.63, 3.8) is 0 Å². The smallest absolute Gasteiger partial charge is 0.311 e. The molecule has 0 aliphatic heterocycles. The molecule has 3 aromatic carbocycles. The first-order valence-electron chi connectivity index (χ1n) is 9.80. The van der Waals surface area contributed by atoms with Crippen LogP contribution in [0, 0.1) is 6.92 Å². The van der Waals surface area contributed by atoms with Crippen LogP contribution in [0.1, 0.15) is 22.8 Å². The van der Waals surface area contributed by atoms with E-state index in [1.807, 2.05) is 25.1 Å². The molecule has 0 spiro atoms. The summed E-state index contributed by atoms with van der Waals surface area (Å²) in [5.74, 6) is -0.929. The Morgan fingerprint density at radius 3 is 2.52 bits per heavy atom. The Morgan fingerprint density at radius 2 is 1.77 bits per heavy atom. The molecule has 0 unspecified atom stereocenters. The molecular weight excluding hydrogens is 394 g/mol. The molecule has 0 aliphatic carbocycles. The number of esters is 1. The van der Waals surface area contributed by atoms with Crippen molar-refractivity contribution in [1.29, 1.82) is 0 Å². The third-order valence-corrected chi connectivity index (χ3v) is 4.88. The van der Waals surface area contributed by atoms with E-state index in [9.17, 15) is 14.7 Å². The lowest BCUT2D eigenvalue weighted by Crippen LogP contribution is -2.26. The first-order valence-corrected chi connectivity index (χ1v) is 9.80. The average molecular weight is 415 g/mol. The van der Waals surface area contributed by atoms with E-state index in [4.69, 9.17) is 9.15 Å². The number of fused-ring (bicyclic) bond motifs is 1. The summed E-state index contributed by atoms with van der Waals surface area (Å²) in [7, 11) is 0. The number of hydrogen-bond acceptors (Lipinski definition) is 5. The molecule has 0 saturated heterocycles. The Labute approximate surface area is 179 Å². The van der Waals surface area contributed by atoms with Crippen LogP contribution in [-0.2, 0) is 20.7 Å². The van der Waals surface area contributed by atoms with Crippen LogP contribution in [0.5, 0.6) is 5.75 Å². The number of carbonyl (C=O) groups is 2. The number of carbonyl (C=O) groups excluding carboxylic acids is 2. The highest BCUT2D eigenvalue weighted by molar-refractivity contribution is 5.96. The molecule has 1 atom stereocenters. The fraction of sp³-hybridized carbons (Fsp3) is 0.120. The summed E-state index contributed by atoms with van der Waals surface area (Å²) in [6, 6.07) is 20.9. The zero-order chi connectivity index (χ0) is 21.8. The number of anilines is 1. The van der Waals surface area contributed by atoms with Crippen LogP contribution >= 0.6 is 0 Å². The summed E-state index contributed by atoms with van der Waals surface area (Å²) >= 11 is 0. The van der Waals surface area contributed by atoms with Gasteiger partial charge in [-0.2, -0.15) is 0 Å². The summed E-state index contributed by atoms with van der Waals surface area (Å²) in [5.41, 5.74) is 3.35. The maximum absolute atomic E-state index is 13.0. The minimum Gasteiger partial charge on any atom is -0.508 e. The molecule has 6 nitrogen and oxygen atoms in total. The molecule has 0 saturated carbocycles. The molecule has 31 heavy (non-hydrogen) atoms. The van der Waals surface area contributed by atoms with Gasteiger partial charge in [-0.25, -0.2) is 0 Å². The summed E-state index contributed by atoms with van der Waals surface area (Å²) in [4.78, 5) is 25.7. The lowest BCUT2D eigenvalue weighted by molar-refractivity contribution is -0.154. The van der Waals surface area contributed by atoms with Gasteiger partial charge in [-0.3, -0.25) is 9.59 Å². The molecule has 1 amide bonds. The van der Waals surface area contributed by atoms with E-state index in [2.05, 4.69) is 5.32 Å². The van der Waals surface area contributed by atoms with Crippen molar-refractivity contribution in [3.8, 4) is 5.75 Å². The van der Waals surface area contributed by atoms with Crippen molar-refractivity contribution in [3.05, 3.63) is 95.7 Å². The molecule has 1 heterocycles. The van der Waals surface area contributed by atoms with Crippen LogP contribution in [0.25, 0.3) is 11.0 Å². The number of phenols is 1. The minimum atomic E-state index is -1.10. The third kappa shape index (κ3) is 4.75. The molecular formula is C25H21NO5. The fourth-order valence-electron chi connectivity index (χ4n) is 3.28. The van der Waals surface area contributed by atoms with Gasteiger partial charge in [0.2, 0.25) is 6.10 Å². The van der Waals surface area contributed by atoms with Gasteiger partial charge >= 0.3 is 5.97 Å². The predicted octanol–water partition coefficient (Wildman–Crippen LogP) is 4.91. The number of aryl methyl sites for hydroxylation is 1. The van der Waals surface area contributed by atoms with E-state index in [0.717, 1.165) is 5.56 Å². The van der Waals surface area contributed by atoms with Crippen molar-refractivity contribution in [2.24, 2.45) is 0 Å². The molecule has 1 aromatic heterocycles. The quantitative estimate of drug-likeness (QED) is 0.437. The number of ether oxygens (including phenoxy) is 1. The van der Waals surface area contributed by atoms with Crippen molar-refractivity contribution in [2.75, 3.05) is 5.32 Å². The van der Waals surface area contributed by atoms with Crippen LogP contribution < -0.4 is 5.32 Å². The maximum Gasteiger partial charge on any atom is 0.311 e. The van der Waals surface area contributed by atoms with Crippen LogP contribution in [0.15, 0.2) is 83.5 Å². The van der Waals surface area contributed by atoms with E-state index in [1.54, 1.807) is 42.5 Å². The second kappa shape index (κ2) is 8.75. The number of hydrogen-bond donors (Lipinski definition) is 2. The monoisotopic (exact) mass is 415 g/mol. The van der Waals surface area contributed by atoms with Gasteiger partial charge in [0, 0.05) is 28.3 Å². The second-order valence-corrected chi connectivity index (χ2v) is 7.25. The maximum atomic E-state index is 13.0. The van der Waals surface area contributed by atoms with Crippen LogP contribution in [0.4, 0.5) is 5.69 Å². The highest BCUT2D eigenvalue weighted by Crippen LogP contribution is 2.27. The standard InChI is InChI=1S/C25H21NO5/c1-16-7-9-19(10-8-16)26-25(29)24(17-5-3-2-4-6-17)31-23(28)13-18-15-30-22-14-20(27)11-12-21(18)22/h2-12,14-15,24,27H,13H2,1H3,(H,26,29)/t24-/m1/s1. The highest BCUT2D eigenvalue weighted by atomic mass is 16.5. The number of nitrogens with one attached hydrogen (secondary N) is 1. The van der Waals surface area contributed by atoms with Gasteiger partial charge in [0.05, 0.1) is 12.7 Å². The normalized spacial score (nSPS) is 11.8. The van der Waals surface area contributed by atoms with E-state index < -0.39 is 18.0 Å². The first kappa shape index (κ1) is 20.2. The lowest BCUT2D eigenvalue weighted by Gasteiger charge is -2.18. The number of aromatic hydroxyl groups is 1. The minimum absolute atomic E-state index is 0.0705. The first-order chi connectivity index (χ1) is 15.0. The van der Waals surface area contributed by atoms with Crippen molar-refractivity contribution < 1.29 is 23.8 Å². The zero-order valence-electron chi connectivity index (χ0n) is 16.9. The van der Waals surface area contributed by atoms with Crippen LogP contribution in [0.2, 0.25) is 0 Å². The summed E-state index contributed by atoms with van der Waals surface area (Å²) in [5, 5.41) is 13.1. The average Bonchev–Trinajstić information content (AvgIpc) is 3.15. The van der Waals surface area contributed by atoms with Gasteiger partial charge in [0.15, 0.2) is 0 Å². The Kier molecular flexibility index (Phi) is 5.71. The lowest BCUT2D eigenvalue weighted by atomic mass is 10.1. The molecule has 4 rings (SSSR count). The summed E-state index contributed by atoms with van der Waals surface area (Å²) in [6.07, 6.45) is 0.283. The van der Waals surface area contributed by atoms with Gasteiger partial charge in [-0.05, 0) is 31.2 Å². The zero-order valence-corrected chi connectivity index (χ0v) is 16.9. The Balaban J connectivity index is 1.53. The number of furan rings is 1. The number of rotatable bonds is 6. The molecule has 2 N–H and O–H groups in total. The van der Waals surface area contributed by atoms with Crippen molar-refractivity contribution in [2.45, 2.75) is 19.4 Å². The van der Waals surface area contributed by atoms with Crippen LogP contribution in [-0.4, -0.2) is 17.0 Å². The number of phenolic OH excluding ortho intramolecular Hbond substituents is 1. The number of benzene rings is 3. The van der Waals surface area contributed by atoms with E-state index in [0.29, 0.717) is 27.8 Å². The molecule has 156 valence electrons. The molecule has 4 aromatic rings. The van der Waals surface area contributed by atoms with E-state index in [1.165, 1.54) is 18.4 Å². The number of amides is 1. The Bertz CT molecular complexity index is 1210. The van der Waals surface area contributed by atoms with Gasteiger partial charge in [-0.15, -0.1) is 0 Å². The van der Waals surface area contributed by atoms with Crippen molar-refractivity contribution >= 4 is 28.5 Å². The molecule has 0 aliphatic rings. The van der Waals surface area contributed by atoms with Gasteiger partial charge in [0.25, 0.3) is 5.91 Å². The molecule has 0 radical (unpaired) electrons. The van der Waals surface area contributed by atoms with E-state index in [-0.39, 0.29) is 12.2 Å². The Morgan fingerprint density at radius 1 is 1.03 bits per heavy atom. The van der Waals surface area contributed by atoms with Gasteiger partial charge in [-0.1, -0.05) is 48.0 Å².